The zero-order valence-corrected chi connectivity index (χ0v) is 11.6. The molecular weight excluding hydrogens is 208 g/mol. The molecule has 4 heteroatoms. The Morgan fingerprint density at radius 1 is 1.00 bits per heavy atom. The summed E-state index contributed by atoms with van der Waals surface area (Å²) in [7, 11) is 0. The Bertz CT molecular complexity index is 177. The van der Waals surface area contributed by atoms with Gasteiger partial charge in [-0.1, -0.05) is 13.8 Å². The molecule has 4 nitrogen and oxygen atoms in total. The summed E-state index contributed by atoms with van der Waals surface area (Å²) in [6.07, 6.45) is 1.90. The molecule has 0 unspecified atom stereocenters. The van der Waals surface area contributed by atoms with Gasteiger partial charge in [0.15, 0.2) is 0 Å². The molecule has 0 aromatic carbocycles. The van der Waals surface area contributed by atoms with E-state index in [9.17, 15) is 0 Å². The molecular formula is C12H26O4. The molecule has 0 aromatic heterocycles. The molecule has 0 aliphatic heterocycles. The minimum absolute atomic E-state index is 0.174. The van der Waals surface area contributed by atoms with E-state index in [4.69, 9.17) is 19.7 Å². The van der Waals surface area contributed by atoms with E-state index in [1.54, 1.807) is 0 Å². The molecule has 0 aliphatic rings. The van der Waals surface area contributed by atoms with Crippen LogP contribution in [0.3, 0.4) is 0 Å². The van der Waals surface area contributed by atoms with Gasteiger partial charge in [-0.15, -0.1) is 0 Å². The lowest BCUT2D eigenvalue weighted by molar-refractivity contribution is -0.401. The summed E-state index contributed by atoms with van der Waals surface area (Å²) in [5, 5.41) is 7.42. The Morgan fingerprint density at radius 2 is 1.19 bits per heavy atom. The Kier molecular flexibility index (Phi) is 8.47. The van der Waals surface area contributed by atoms with E-state index in [0.29, 0.717) is 0 Å². The first-order valence-corrected chi connectivity index (χ1v) is 5.62. The maximum atomic E-state index is 9.00. The zero-order chi connectivity index (χ0) is 13.4. The largest absolute Gasteiger partial charge is 0.481 e. The molecule has 0 heterocycles. The number of hydrogen-bond acceptors (Lipinski definition) is 3. The number of carboxylic acids is 1. The number of carbonyl (C=O) groups is 1. The van der Waals surface area contributed by atoms with Crippen molar-refractivity contribution in [2.24, 2.45) is 0 Å². The van der Waals surface area contributed by atoms with Crippen LogP contribution in [-0.2, 0) is 14.6 Å². The van der Waals surface area contributed by atoms with Crippen LogP contribution in [0.5, 0.6) is 0 Å². The number of carboxylic acid groups (broad SMARTS) is 1. The predicted molar refractivity (Wildman–Crippen MR) is 64.2 cm³/mol. The van der Waals surface area contributed by atoms with Crippen molar-refractivity contribution in [1.82, 2.24) is 0 Å². The summed E-state index contributed by atoms with van der Waals surface area (Å²) in [6, 6.07) is 0. The fourth-order valence-corrected chi connectivity index (χ4v) is 0.343. The molecule has 0 rings (SSSR count). The van der Waals surface area contributed by atoms with Gasteiger partial charge < -0.3 is 5.11 Å². The van der Waals surface area contributed by atoms with Crippen molar-refractivity contribution in [2.45, 2.75) is 72.5 Å². The third-order valence-electron chi connectivity index (χ3n) is 2.20. The Hall–Kier alpha value is -0.610. The lowest BCUT2D eigenvalue weighted by atomic mass is 10.1. The van der Waals surface area contributed by atoms with Gasteiger partial charge in [0.1, 0.15) is 0 Å². The average Bonchev–Trinajstić information content (AvgIpc) is 2.15. The molecule has 0 radical (unpaired) electrons. The van der Waals surface area contributed by atoms with E-state index >= 15 is 0 Å². The molecule has 1 N–H and O–H groups in total. The van der Waals surface area contributed by atoms with Crippen molar-refractivity contribution >= 4 is 5.97 Å². The summed E-state index contributed by atoms with van der Waals surface area (Å²) in [6.45, 7) is 13.4. The van der Waals surface area contributed by atoms with Gasteiger partial charge in [-0.3, -0.25) is 4.79 Å². The highest BCUT2D eigenvalue weighted by Crippen LogP contribution is 2.20. The molecule has 0 aromatic rings. The highest BCUT2D eigenvalue weighted by atomic mass is 17.2. The topological polar surface area (TPSA) is 55.8 Å². The molecule has 0 atom stereocenters. The number of rotatable bonds is 5. The second-order valence-electron chi connectivity index (χ2n) is 4.91. The molecule has 98 valence electrons. The SMILES string of the molecule is CC(=O)O.CCC(C)(C)OOC(C)(C)CC. The first kappa shape index (κ1) is 17.8. The normalized spacial score (nSPS) is 11.7. The fourth-order valence-electron chi connectivity index (χ4n) is 0.343. The Labute approximate surface area is 98.9 Å². The molecule has 0 amide bonds. The quantitative estimate of drug-likeness (QED) is 0.585. The van der Waals surface area contributed by atoms with Crippen molar-refractivity contribution in [3.8, 4) is 0 Å². The summed E-state index contributed by atoms with van der Waals surface area (Å²) < 4.78 is 0. The summed E-state index contributed by atoms with van der Waals surface area (Å²) in [5.41, 5.74) is -0.348. The minimum atomic E-state index is -0.833. The van der Waals surface area contributed by atoms with Crippen molar-refractivity contribution in [3.05, 3.63) is 0 Å². The van der Waals surface area contributed by atoms with E-state index in [1.807, 2.05) is 27.7 Å². The number of aliphatic carboxylic acids is 1. The summed E-state index contributed by atoms with van der Waals surface area (Å²) in [4.78, 5) is 19.7. The molecule has 0 fully saturated rings. The van der Waals surface area contributed by atoms with Gasteiger partial charge in [0.25, 0.3) is 5.97 Å². The van der Waals surface area contributed by atoms with E-state index in [2.05, 4.69) is 13.8 Å². The van der Waals surface area contributed by atoms with Gasteiger partial charge in [0.05, 0.1) is 11.2 Å². The highest BCUT2D eigenvalue weighted by Gasteiger charge is 2.23. The third-order valence-corrected chi connectivity index (χ3v) is 2.20. The van der Waals surface area contributed by atoms with E-state index in [-0.39, 0.29) is 11.2 Å². The van der Waals surface area contributed by atoms with Crippen molar-refractivity contribution in [2.75, 3.05) is 0 Å². The van der Waals surface area contributed by atoms with Crippen LogP contribution in [0.2, 0.25) is 0 Å². The zero-order valence-electron chi connectivity index (χ0n) is 11.6. The fraction of sp³-hybridized carbons (Fsp3) is 0.917. The minimum Gasteiger partial charge on any atom is -0.481 e. The first-order valence-electron chi connectivity index (χ1n) is 5.62. The Balaban J connectivity index is 0. The third kappa shape index (κ3) is 13.4. The maximum absolute atomic E-state index is 9.00. The second kappa shape index (κ2) is 7.63. The van der Waals surface area contributed by atoms with Crippen LogP contribution in [0.4, 0.5) is 0 Å². The molecule has 0 saturated heterocycles. The lowest BCUT2D eigenvalue weighted by Gasteiger charge is -2.29. The molecule has 0 bridgehead atoms. The van der Waals surface area contributed by atoms with Crippen LogP contribution in [0.15, 0.2) is 0 Å². The summed E-state index contributed by atoms with van der Waals surface area (Å²) in [5.74, 6) is -0.833. The van der Waals surface area contributed by atoms with Crippen LogP contribution in [0, 0.1) is 0 Å². The number of hydrogen-bond donors (Lipinski definition) is 1. The summed E-state index contributed by atoms with van der Waals surface area (Å²) >= 11 is 0. The van der Waals surface area contributed by atoms with E-state index in [1.165, 1.54) is 0 Å². The van der Waals surface area contributed by atoms with Gasteiger partial charge in [-0.25, -0.2) is 9.78 Å². The van der Waals surface area contributed by atoms with Crippen LogP contribution in [0.25, 0.3) is 0 Å². The van der Waals surface area contributed by atoms with Crippen LogP contribution >= 0.6 is 0 Å². The van der Waals surface area contributed by atoms with Gasteiger partial charge in [-0.05, 0) is 40.5 Å². The molecule has 0 saturated carbocycles. The predicted octanol–water partition coefficient (Wildman–Crippen LogP) is 3.40. The molecule has 0 spiro atoms. The van der Waals surface area contributed by atoms with Gasteiger partial charge in [0, 0.05) is 6.92 Å². The molecule has 16 heavy (non-hydrogen) atoms. The molecule has 0 aliphatic carbocycles. The van der Waals surface area contributed by atoms with Gasteiger partial charge in [-0.2, -0.15) is 0 Å². The van der Waals surface area contributed by atoms with Crippen LogP contribution < -0.4 is 0 Å². The van der Waals surface area contributed by atoms with Crippen LogP contribution in [-0.4, -0.2) is 22.3 Å². The van der Waals surface area contributed by atoms with E-state index < -0.39 is 5.97 Å². The maximum Gasteiger partial charge on any atom is 0.300 e. The van der Waals surface area contributed by atoms with Crippen molar-refractivity contribution in [1.29, 1.82) is 0 Å². The smallest absolute Gasteiger partial charge is 0.300 e. The van der Waals surface area contributed by atoms with E-state index in [0.717, 1.165) is 19.8 Å². The first-order chi connectivity index (χ1) is 7.06. The highest BCUT2D eigenvalue weighted by molar-refractivity contribution is 5.62. The lowest BCUT2D eigenvalue weighted by Crippen LogP contribution is -2.31. The standard InChI is InChI=1S/C10H22O2.C2H4O2/c1-7-9(3,4)11-12-10(5,6)8-2;1-2(3)4/h7-8H2,1-6H3;1H3,(H,3,4). The average molecular weight is 234 g/mol. The second-order valence-corrected chi connectivity index (χ2v) is 4.91. The van der Waals surface area contributed by atoms with Crippen LogP contribution in [0.1, 0.15) is 61.3 Å². The Morgan fingerprint density at radius 3 is 1.31 bits per heavy atom. The van der Waals surface area contributed by atoms with Crippen molar-refractivity contribution in [3.63, 3.8) is 0 Å². The van der Waals surface area contributed by atoms with Gasteiger partial charge >= 0.3 is 0 Å². The van der Waals surface area contributed by atoms with Crippen molar-refractivity contribution < 1.29 is 19.7 Å². The van der Waals surface area contributed by atoms with Gasteiger partial charge in [0.2, 0.25) is 0 Å². The monoisotopic (exact) mass is 234 g/mol.